The van der Waals surface area contributed by atoms with Gasteiger partial charge < -0.3 is 4.74 Å². The summed E-state index contributed by atoms with van der Waals surface area (Å²) in [4.78, 5) is 10.6. The quantitative estimate of drug-likeness (QED) is 0.777. The highest BCUT2D eigenvalue weighted by molar-refractivity contribution is 5.79. The first-order chi connectivity index (χ1) is 8.65. The molecule has 0 saturated heterocycles. The van der Waals surface area contributed by atoms with Crippen molar-refractivity contribution in [1.82, 2.24) is 0 Å². The van der Waals surface area contributed by atoms with Crippen LogP contribution < -0.4 is 4.74 Å². The summed E-state index contributed by atoms with van der Waals surface area (Å²) in [5.74, 6) is -0.966. The van der Waals surface area contributed by atoms with Crippen LogP contribution in [0.5, 0.6) is 5.75 Å². The Labute approximate surface area is 103 Å². The third-order valence-electron chi connectivity index (χ3n) is 2.61. The van der Waals surface area contributed by atoms with E-state index in [-0.39, 0.29) is 11.3 Å². The van der Waals surface area contributed by atoms with E-state index in [0.29, 0.717) is 17.4 Å². The first kappa shape index (κ1) is 12.2. The van der Waals surface area contributed by atoms with Crippen molar-refractivity contribution in [3.8, 4) is 16.9 Å². The molecule has 0 heterocycles. The van der Waals surface area contributed by atoms with E-state index in [2.05, 4.69) is 0 Å². The minimum atomic E-state index is -0.595. The van der Waals surface area contributed by atoms with E-state index < -0.39 is 11.6 Å². The van der Waals surface area contributed by atoms with Crippen LogP contribution in [-0.2, 0) is 0 Å². The maximum atomic E-state index is 13.5. The predicted molar refractivity (Wildman–Crippen MR) is 63.7 cm³/mol. The average Bonchev–Trinajstić information content (AvgIpc) is 2.39. The lowest BCUT2D eigenvalue weighted by Crippen LogP contribution is -1.91. The summed E-state index contributed by atoms with van der Waals surface area (Å²) in [6.45, 7) is 0. The van der Waals surface area contributed by atoms with E-state index in [1.54, 1.807) is 6.07 Å². The Morgan fingerprint density at radius 2 is 1.67 bits per heavy atom. The smallest absolute Gasteiger partial charge is 0.165 e. The third-order valence-corrected chi connectivity index (χ3v) is 2.61. The van der Waals surface area contributed by atoms with Crippen LogP contribution >= 0.6 is 0 Å². The fraction of sp³-hybridized carbons (Fsp3) is 0.0714. The van der Waals surface area contributed by atoms with Crippen LogP contribution in [0.4, 0.5) is 8.78 Å². The Kier molecular flexibility index (Phi) is 3.37. The number of benzene rings is 2. The van der Waals surface area contributed by atoms with Crippen LogP contribution in [-0.4, -0.2) is 13.4 Å². The van der Waals surface area contributed by atoms with Gasteiger partial charge >= 0.3 is 0 Å². The monoisotopic (exact) mass is 248 g/mol. The Bertz CT molecular complexity index is 594. The van der Waals surface area contributed by atoms with Crippen LogP contribution in [0.15, 0.2) is 36.4 Å². The molecule has 4 heteroatoms. The topological polar surface area (TPSA) is 26.3 Å². The van der Waals surface area contributed by atoms with E-state index in [1.807, 2.05) is 0 Å². The molecule has 0 aromatic heterocycles. The van der Waals surface area contributed by atoms with Crippen molar-refractivity contribution in [1.29, 1.82) is 0 Å². The molecule has 0 fully saturated rings. The standard InChI is InChI=1S/C14H10F2O2/c1-18-14-5-3-10(7-13(14)16)9-2-4-12(15)11(6-9)8-17/h2-8H,1H3. The lowest BCUT2D eigenvalue weighted by molar-refractivity contribution is 0.112. The predicted octanol–water partition coefficient (Wildman–Crippen LogP) is 3.45. The lowest BCUT2D eigenvalue weighted by Gasteiger charge is -2.06. The molecule has 2 aromatic carbocycles. The highest BCUT2D eigenvalue weighted by Crippen LogP contribution is 2.26. The fourth-order valence-electron chi connectivity index (χ4n) is 1.66. The van der Waals surface area contributed by atoms with E-state index in [1.165, 1.54) is 37.4 Å². The number of carbonyl (C=O) groups is 1. The number of hydrogen-bond donors (Lipinski definition) is 0. The maximum Gasteiger partial charge on any atom is 0.165 e. The minimum absolute atomic E-state index is 0.0521. The Hall–Kier alpha value is -2.23. The highest BCUT2D eigenvalue weighted by Gasteiger charge is 2.07. The summed E-state index contributed by atoms with van der Waals surface area (Å²) in [5.41, 5.74) is 1.07. The zero-order valence-electron chi connectivity index (χ0n) is 9.61. The van der Waals surface area contributed by atoms with Crippen LogP contribution in [0.2, 0.25) is 0 Å². The summed E-state index contributed by atoms with van der Waals surface area (Å²) < 4.78 is 31.5. The fourth-order valence-corrected chi connectivity index (χ4v) is 1.66. The van der Waals surface area contributed by atoms with Crippen LogP contribution in [0, 0.1) is 11.6 Å². The molecule has 0 aliphatic carbocycles. The zero-order chi connectivity index (χ0) is 13.1. The molecule has 0 unspecified atom stereocenters. The van der Waals surface area contributed by atoms with Gasteiger partial charge in [-0.25, -0.2) is 8.78 Å². The molecule has 92 valence electrons. The summed E-state index contributed by atoms with van der Waals surface area (Å²) in [6, 6.07) is 8.45. The van der Waals surface area contributed by atoms with Gasteiger partial charge in [-0.05, 0) is 35.4 Å². The number of ether oxygens (including phenoxy) is 1. The number of aldehydes is 1. The molecular weight excluding hydrogens is 238 g/mol. The number of carbonyl (C=O) groups excluding carboxylic acids is 1. The third kappa shape index (κ3) is 2.22. The van der Waals surface area contributed by atoms with Gasteiger partial charge in [0.05, 0.1) is 12.7 Å². The van der Waals surface area contributed by atoms with Crippen molar-refractivity contribution in [2.45, 2.75) is 0 Å². The van der Waals surface area contributed by atoms with Gasteiger partial charge in [0.15, 0.2) is 17.9 Å². The number of hydrogen-bond acceptors (Lipinski definition) is 2. The van der Waals surface area contributed by atoms with Gasteiger partial charge in [0, 0.05) is 0 Å². The van der Waals surface area contributed by atoms with E-state index in [4.69, 9.17) is 4.74 Å². The summed E-state index contributed by atoms with van der Waals surface area (Å²) in [7, 11) is 1.38. The molecule has 0 aliphatic rings. The van der Waals surface area contributed by atoms with Gasteiger partial charge in [-0.2, -0.15) is 0 Å². The van der Waals surface area contributed by atoms with Crippen LogP contribution in [0.1, 0.15) is 10.4 Å². The van der Waals surface area contributed by atoms with Gasteiger partial charge in [0.25, 0.3) is 0 Å². The SMILES string of the molecule is COc1ccc(-c2ccc(F)c(C=O)c2)cc1F. The molecule has 0 N–H and O–H groups in total. The average molecular weight is 248 g/mol. The molecule has 0 atom stereocenters. The lowest BCUT2D eigenvalue weighted by atomic mass is 10.0. The van der Waals surface area contributed by atoms with E-state index in [9.17, 15) is 13.6 Å². The molecule has 0 spiro atoms. The van der Waals surface area contributed by atoms with Gasteiger partial charge in [0.2, 0.25) is 0 Å². The van der Waals surface area contributed by atoms with Crippen LogP contribution in [0.3, 0.4) is 0 Å². The van der Waals surface area contributed by atoms with Gasteiger partial charge in [-0.15, -0.1) is 0 Å². The highest BCUT2D eigenvalue weighted by atomic mass is 19.1. The molecule has 0 aliphatic heterocycles. The van der Waals surface area contributed by atoms with Crippen LogP contribution in [0.25, 0.3) is 11.1 Å². The largest absolute Gasteiger partial charge is 0.494 e. The Morgan fingerprint density at radius 3 is 2.28 bits per heavy atom. The first-order valence-electron chi connectivity index (χ1n) is 5.24. The molecular formula is C14H10F2O2. The Morgan fingerprint density at radius 1 is 1.00 bits per heavy atom. The molecule has 2 aromatic rings. The second-order valence-corrected chi connectivity index (χ2v) is 3.70. The minimum Gasteiger partial charge on any atom is -0.494 e. The molecule has 0 radical (unpaired) electrons. The first-order valence-corrected chi connectivity index (χ1v) is 5.24. The van der Waals surface area contributed by atoms with Crippen molar-refractivity contribution in [3.05, 3.63) is 53.6 Å². The molecule has 2 rings (SSSR count). The van der Waals surface area contributed by atoms with Gasteiger partial charge in [0.1, 0.15) is 5.82 Å². The Balaban J connectivity index is 2.48. The second-order valence-electron chi connectivity index (χ2n) is 3.70. The molecule has 2 nitrogen and oxygen atoms in total. The number of halogens is 2. The van der Waals surface area contributed by atoms with Gasteiger partial charge in [-0.3, -0.25) is 4.79 Å². The normalized spacial score (nSPS) is 10.2. The zero-order valence-corrected chi connectivity index (χ0v) is 9.61. The van der Waals surface area contributed by atoms with Crippen molar-refractivity contribution in [3.63, 3.8) is 0 Å². The second kappa shape index (κ2) is 4.96. The molecule has 18 heavy (non-hydrogen) atoms. The number of methoxy groups -OCH3 is 1. The van der Waals surface area contributed by atoms with Crippen molar-refractivity contribution < 1.29 is 18.3 Å². The summed E-state index contributed by atoms with van der Waals surface area (Å²) in [5, 5.41) is 0. The summed E-state index contributed by atoms with van der Waals surface area (Å²) >= 11 is 0. The molecule has 0 saturated carbocycles. The summed E-state index contributed by atoms with van der Waals surface area (Å²) in [6.07, 6.45) is 0.429. The molecule has 0 amide bonds. The van der Waals surface area contributed by atoms with Crippen molar-refractivity contribution in [2.24, 2.45) is 0 Å². The van der Waals surface area contributed by atoms with E-state index >= 15 is 0 Å². The molecule has 0 bridgehead atoms. The van der Waals surface area contributed by atoms with Gasteiger partial charge in [-0.1, -0.05) is 12.1 Å². The van der Waals surface area contributed by atoms with Crippen molar-refractivity contribution in [2.75, 3.05) is 7.11 Å². The van der Waals surface area contributed by atoms with E-state index in [0.717, 1.165) is 0 Å². The maximum absolute atomic E-state index is 13.5. The van der Waals surface area contributed by atoms with Crippen molar-refractivity contribution >= 4 is 6.29 Å². The number of rotatable bonds is 3.